The van der Waals surface area contributed by atoms with E-state index in [1.807, 2.05) is 0 Å². The predicted molar refractivity (Wildman–Crippen MR) is 59.4 cm³/mol. The van der Waals surface area contributed by atoms with Crippen LogP contribution in [-0.2, 0) is 4.79 Å². The molecule has 2 heterocycles. The first-order valence-corrected chi connectivity index (χ1v) is 5.06. The first-order chi connectivity index (χ1) is 7.59. The van der Waals surface area contributed by atoms with E-state index in [1.54, 1.807) is 22.6 Å². The summed E-state index contributed by atoms with van der Waals surface area (Å²) in [6.07, 6.45) is 1.36. The van der Waals surface area contributed by atoms with Gasteiger partial charge in [-0.05, 0) is 12.1 Å². The van der Waals surface area contributed by atoms with Gasteiger partial charge in [-0.3, -0.25) is 9.20 Å². The van der Waals surface area contributed by atoms with Gasteiger partial charge in [-0.2, -0.15) is 0 Å². The van der Waals surface area contributed by atoms with Gasteiger partial charge < -0.3 is 10.8 Å². The lowest BCUT2D eigenvalue weighted by Gasteiger charge is -2.12. The SMILES string of the molecule is NC(CC(=O)O)c1cccc2ncc(Cl)n12. The number of hydrogen-bond acceptors (Lipinski definition) is 3. The zero-order valence-corrected chi connectivity index (χ0v) is 9.05. The van der Waals surface area contributed by atoms with Crippen molar-refractivity contribution in [3.8, 4) is 0 Å². The Balaban J connectivity index is 2.50. The first kappa shape index (κ1) is 10.9. The molecule has 2 aromatic heterocycles. The minimum absolute atomic E-state index is 0.145. The van der Waals surface area contributed by atoms with Crippen molar-refractivity contribution in [1.82, 2.24) is 9.38 Å². The number of hydrogen-bond donors (Lipinski definition) is 2. The third-order valence-electron chi connectivity index (χ3n) is 2.29. The molecule has 0 saturated heterocycles. The molecule has 2 rings (SSSR count). The number of rotatable bonds is 3. The van der Waals surface area contributed by atoms with E-state index in [2.05, 4.69) is 4.98 Å². The van der Waals surface area contributed by atoms with Crippen molar-refractivity contribution in [3.63, 3.8) is 0 Å². The molecule has 0 fully saturated rings. The van der Waals surface area contributed by atoms with Crippen LogP contribution in [0.25, 0.3) is 5.65 Å². The van der Waals surface area contributed by atoms with E-state index in [4.69, 9.17) is 22.4 Å². The van der Waals surface area contributed by atoms with Crippen LogP contribution in [0.1, 0.15) is 18.2 Å². The first-order valence-electron chi connectivity index (χ1n) is 4.69. The maximum absolute atomic E-state index is 10.6. The van der Waals surface area contributed by atoms with Crippen molar-refractivity contribution in [3.05, 3.63) is 35.2 Å². The fraction of sp³-hybridized carbons (Fsp3) is 0.200. The molecule has 2 aromatic rings. The molecule has 16 heavy (non-hydrogen) atoms. The highest BCUT2D eigenvalue weighted by atomic mass is 35.5. The normalized spacial score (nSPS) is 12.9. The summed E-state index contributed by atoms with van der Waals surface area (Å²) in [5, 5.41) is 9.12. The minimum atomic E-state index is -0.944. The Kier molecular flexibility index (Phi) is 2.80. The van der Waals surface area contributed by atoms with Crippen LogP contribution in [0, 0.1) is 0 Å². The summed E-state index contributed by atoms with van der Waals surface area (Å²) in [6, 6.07) is 4.69. The predicted octanol–water partition coefficient (Wildman–Crippen LogP) is 1.46. The molecule has 3 N–H and O–H groups in total. The molecule has 0 aliphatic rings. The van der Waals surface area contributed by atoms with Crippen molar-refractivity contribution >= 4 is 23.2 Å². The number of carboxylic acids is 1. The number of aliphatic carboxylic acids is 1. The van der Waals surface area contributed by atoms with Gasteiger partial charge in [0.1, 0.15) is 10.8 Å². The molecular formula is C10H10ClN3O2. The smallest absolute Gasteiger partial charge is 0.305 e. The van der Waals surface area contributed by atoms with Crippen molar-refractivity contribution < 1.29 is 9.90 Å². The molecule has 0 spiro atoms. The zero-order valence-electron chi connectivity index (χ0n) is 8.30. The van der Waals surface area contributed by atoms with Crippen LogP contribution < -0.4 is 5.73 Å². The van der Waals surface area contributed by atoms with E-state index in [-0.39, 0.29) is 6.42 Å². The lowest BCUT2D eigenvalue weighted by Crippen LogP contribution is -2.18. The molecule has 0 radical (unpaired) electrons. The number of carbonyl (C=O) groups is 1. The average molecular weight is 240 g/mol. The Morgan fingerprint density at radius 2 is 2.38 bits per heavy atom. The van der Waals surface area contributed by atoms with E-state index in [1.165, 1.54) is 6.20 Å². The molecule has 1 unspecified atom stereocenters. The standard InChI is InChI=1S/C10H10ClN3O2/c11-8-5-13-9-3-1-2-7(14(8)9)6(12)4-10(15)16/h1-3,5-6H,4,12H2,(H,15,16). The van der Waals surface area contributed by atoms with Crippen molar-refractivity contribution in [2.45, 2.75) is 12.5 Å². The topological polar surface area (TPSA) is 80.6 Å². The maximum atomic E-state index is 10.6. The van der Waals surface area contributed by atoms with Gasteiger partial charge in [0.05, 0.1) is 18.7 Å². The highest BCUT2D eigenvalue weighted by Crippen LogP contribution is 2.20. The van der Waals surface area contributed by atoms with Gasteiger partial charge in [-0.1, -0.05) is 17.7 Å². The third-order valence-corrected chi connectivity index (χ3v) is 2.56. The highest BCUT2D eigenvalue weighted by molar-refractivity contribution is 6.29. The van der Waals surface area contributed by atoms with Gasteiger partial charge in [0, 0.05) is 5.69 Å². The second-order valence-corrected chi connectivity index (χ2v) is 3.82. The molecule has 0 saturated carbocycles. The third kappa shape index (κ3) is 1.87. The van der Waals surface area contributed by atoms with Gasteiger partial charge in [0.2, 0.25) is 0 Å². The molecule has 1 atom stereocenters. The van der Waals surface area contributed by atoms with Crippen LogP contribution >= 0.6 is 11.6 Å². The number of halogens is 1. The summed E-state index contributed by atoms with van der Waals surface area (Å²) >= 11 is 5.96. The van der Waals surface area contributed by atoms with Crippen molar-refractivity contribution in [2.75, 3.05) is 0 Å². The number of nitrogens with two attached hydrogens (primary N) is 1. The summed E-state index contributed by atoms with van der Waals surface area (Å²) in [5.74, 6) is -0.944. The Morgan fingerprint density at radius 1 is 1.62 bits per heavy atom. The van der Waals surface area contributed by atoms with Gasteiger partial charge in [-0.25, -0.2) is 4.98 Å². The van der Waals surface area contributed by atoms with Crippen molar-refractivity contribution in [2.24, 2.45) is 5.73 Å². The highest BCUT2D eigenvalue weighted by Gasteiger charge is 2.15. The van der Waals surface area contributed by atoms with Crippen LogP contribution in [-0.4, -0.2) is 20.5 Å². The van der Waals surface area contributed by atoms with Crippen LogP contribution in [0.15, 0.2) is 24.4 Å². The number of nitrogens with zero attached hydrogens (tertiary/aromatic N) is 2. The Morgan fingerprint density at radius 3 is 3.06 bits per heavy atom. The molecule has 5 nitrogen and oxygen atoms in total. The fourth-order valence-corrected chi connectivity index (χ4v) is 1.84. The van der Waals surface area contributed by atoms with E-state index < -0.39 is 12.0 Å². The average Bonchev–Trinajstić information content (AvgIpc) is 2.59. The maximum Gasteiger partial charge on any atom is 0.305 e. The molecule has 0 aromatic carbocycles. The van der Waals surface area contributed by atoms with Crippen LogP contribution in [0.2, 0.25) is 5.15 Å². The largest absolute Gasteiger partial charge is 0.481 e. The second-order valence-electron chi connectivity index (χ2n) is 3.43. The summed E-state index contributed by atoms with van der Waals surface area (Å²) in [5.41, 5.74) is 7.10. The summed E-state index contributed by atoms with van der Waals surface area (Å²) < 4.78 is 1.65. The van der Waals surface area contributed by atoms with Crippen LogP contribution in [0.5, 0.6) is 0 Å². The Bertz CT molecular complexity index is 538. The van der Waals surface area contributed by atoms with Gasteiger partial charge in [0.25, 0.3) is 0 Å². The lowest BCUT2D eigenvalue weighted by molar-refractivity contribution is -0.137. The number of imidazole rings is 1. The summed E-state index contributed by atoms with van der Waals surface area (Å²) in [6.45, 7) is 0. The Labute approximate surface area is 96.5 Å². The molecule has 6 heteroatoms. The number of aromatic nitrogens is 2. The second kappa shape index (κ2) is 4.11. The molecule has 84 valence electrons. The lowest BCUT2D eigenvalue weighted by atomic mass is 10.1. The molecule has 0 bridgehead atoms. The number of fused-ring (bicyclic) bond motifs is 1. The van der Waals surface area contributed by atoms with E-state index in [0.29, 0.717) is 16.5 Å². The van der Waals surface area contributed by atoms with Gasteiger partial charge in [0.15, 0.2) is 0 Å². The summed E-state index contributed by atoms with van der Waals surface area (Å²) in [7, 11) is 0. The van der Waals surface area contributed by atoms with Gasteiger partial charge >= 0.3 is 5.97 Å². The molecule has 0 aliphatic heterocycles. The van der Waals surface area contributed by atoms with Crippen LogP contribution in [0.3, 0.4) is 0 Å². The monoisotopic (exact) mass is 239 g/mol. The quantitative estimate of drug-likeness (QED) is 0.850. The fourth-order valence-electron chi connectivity index (χ4n) is 1.61. The molecule has 0 aliphatic carbocycles. The van der Waals surface area contributed by atoms with E-state index >= 15 is 0 Å². The Hall–Kier alpha value is -1.59. The number of carboxylic acid groups (broad SMARTS) is 1. The molecular weight excluding hydrogens is 230 g/mol. The van der Waals surface area contributed by atoms with Crippen molar-refractivity contribution in [1.29, 1.82) is 0 Å². The van der Waals surface area contributed by atoms with Gasteiger partial charge in [-0.15, -0.1) is 0 Å². The molecule has 0 amide bonds. The van der Waals surface area contributed by atoms with E-state index in [0.717, 1.165) is 0 Å². The summed E-state index contributed by atoms with van der Waals surface area (Å²) in [4.78, 5) is 14.7. The van der Waals surface area contributed by atoms with Crippen LogP contribution in [0.4, 0.5) is 0 Å². The van der Waals surface area contributed by atoms with E-state index in [9.17, 15) is 4.79 Å². The number of pyridine rings is 1. The zero-order chi connectivity index (χ0) is 11.7. The minimum Gasteiger partial charge on any atom is -0.481 e.